The Balaban J connectivity index is 3.66. The molecule has 0 aliphatic rings. The normalized spacial score (nSPS) is 11.4. The van der Waals surface area contributed by atoms with E-state index >= 15 is 0 Å². The van der Waals surface area contributed by atoms with Crippen LogP contribution < -0.4 is 26.6 Å². The minimum absolute atomic E-state index is 0.0378. The fourth-order valence-corrected chi connectivity index (χ4v) is 4.80. The van der Waals surface area contributed by atoms with Crippen molar-refractivity contribution in [2.45, 2.75) is 102 Å². The minimum atomic E-state index is -1.20. The summed E-state index contributed by atoms with van der Waals surface area (Å²) in [7, 11) is 0. The Labute approximate surface area is 318 Å². The van der Waals surface area contributed by atoms with Gasteiger partial charge in [0.2, 0.25) is 29.5 Å². The van der Waals surface area contributed by atoms with Gasteiger partial charge in [-0.15, -0.1) is 0 Å². The zero-order valence-corrected chi connectivity index (χ0v) is 31.8. The Kier molecular flexibility index (Phi) is 33.5. The number of hydrogen-bond acceptors (Lipinski definition) is 11. The van der Waals surface area contributed by atoms with Crippen LogP contribution in [-0.2, 0) is 52.5 Å². The average molecular weight is 775 g/mol. The summed E-state index contributed by atoms with van der Waals surface area (Å²) in [6.07, 6.45) is 10.6. The van der Waals surface area contributed by atoms with Crippen LogP contribution in [0.15, 0.2) is 0 Å². The molecular weight excluding hydrogens is 710 g/mol. The molecule has 0 unspecified atom stereocenters. The molecule has 0 aromatic carbocycles. The summed E-state index contributed by atoms with van der Waals surface area (Å²) in [4.78, 5) is 80.5. The van der Waals surface area contributed by atoms with E-state index in [4.69, 9.17) is 24.1 Å². The highest BCUT2D eigenvalue weighted by molar-refractivity contribution is 5.84. The van der Waals surface area contributed by atoms with Crippen LogP contribution in [0.4, 0.5) is 0 Å². The number of carboxylic acid groups (broad SMARTS) is 2. The summed E-state index contributed by atoms with van der Waals surface area (Å²) in [5.41, 5.74) is 0. The molecule has 0 aromatic rings. The van der Waals surface area contributed by atoms with Crippen LogP contribution in [-0.4, -0.2) is 137 Å². The molecule has 54 heavy (non-hydrogen) atoms. The Bertz CT molecular complexity index is 1060. The largest absolute Gasteiger partial charge is 0.481 e. The number of unbranched alkanes of at least 4 members (excludes halogenated alkanes) is 9. The van der Waals surface area contributed by atoms with E-state index in [1.165, 1.54) is 0 Å². The van der Waals surface area contributed by atoms with Gasteiger partial charge in [0.05, 0.1) is 39.6 Å². The standard InChI is InChI=1S/C36H64N5O13/c1-29(42)37-17-12-18-38-33(45)27-53-25-24-52-22-20-40-34(46)28-54-26-23-51-21-19-39-31(43)16-15-30(36(49)50)41-32(44)13-10-8-6-4-2-3-5-7-9-11-14-35(47)48/h30H,1-28H2,(H,37,42)(H,38,45)(H,39,43)(H,40,46)(H,41,44)(H,47,48)(H,49,50)/t30-/m0/s1. The number of carboxylic acids is 2. The van der Waals surface area contributed by atoms with Crippen molar-refractivity contribution in [1.29, 1.82) is 0 Å². The predicted octanol–water partition coefficient (Wildman–Crippen LogP) is 0.857. The summed E-state index contributed by atoms with van der Waals surface area (Å²) in [5.74, 6) is -3.62. The molecule has 311 valence electrons. The van der Waals surface area contributed by atoms with Crippen LogP contribution in [0.5, 0.6) is 0 Å². The van der Waals surface area contributed by atoms with Crippen LogP contribution in [0.3, 0.4) is 0 Å². The summed E-state index contributed by atoms with van der Waals surface area (Å²) in [6, 6.07) is -1.15. The van der Waals surface area contributed by atoms with E-state index in [1.54, 1.807) is 0 Å². The second kappa shape index (κ2) is 36.1. The van der Waals surface area contributed by atoms with Crippen molar-refractivity contribution in [3.8, 4) is 0 Å². The smallest absolute Gasteiger partial charge is 0.326 e. The van der Waals surface area contributed by atoms with Crippen molar-refractivity contribution >= 4 is 41.5 Å². The summed E-state index contributed by atoms with van der Waals surface area (Å²) < 4.78 is 21.2. The molecule has 0 fully saturated rings. The molecular formula is C36H64N5O13. The molecule has 0 spiro atoms. The summed E-state index contributed by atoms with van der Waals surface area (Å²) in [5, 5.41) is 31.0. The lowest BCUT2D eigenvalue weighted by atomic mass is 10.0. The molecule has 1 atom stereocenters. The van der Waals surface area contributed by atoms with Gasteiger partial charge in [0.15, 0.2) is 0 Å². The van der Waals surface area contributed by atoms with Gasteiger partial charge in [0.1, 0.15) is 19.3 Å². The number of carbonyl (C=O) groups is 7. The average Bonchev–Trinajstić information content (AvgIpc) is 3.12. The maximum Gasteiger partial charge on any atom is 0.326 e. The molecule has 0 rings (SSSR count). The number of nitrogens with one attached hydrogen (secondary N) is 5. The van der Waals surface area contributed by atoms with Gasteiger partial charge < -0.3 is 55.7 Å². The molecule has 1 radical (unpaired) electrons. The van der Waals surface area contributed by atoms with Crippen LogP contribution in [0.1, 0.15) is 96.3 Å². The minimum Gasteiger partial charge on any atom is -0.481 e. The van der Waals surface area contributed by atoms with Gasteiger partial charge in [0, 0.05) is 52.4 Å². The fraction of sp³-hybridized carbons (Fsp3) is 0.778. The Hall–Kier alpha value is -3.87. The molecule has 0 aromatic heterocycles. The molecule has 0 aliphatic carbocycles. The topological polar surface area (TPSA) is 257 Å². The lowest BCUT2D eigenvalue weighted by molar-refractivity contribution is -0.142. The third-order valence-electron chi connectivity index (χ3n) is 7.68. The quantitative estimate of drug-likeness (QED) is 0.0430. The second-order valence-corrected chi connectivity index (χ2v) is 12.5. The predicted molar refractivity (Wildman–Crippen MR) is 197 cm³/mol. The van der Waals surface area contributed by atoms with E-state index in [0.29, 0.717) is 25.9 Å². The molecule has 0 aliphatic heterocycles. The first-order valence-electron chi connectivity index (χ1n) is 19.0. The van der Waals surface area contributed by atoms with Crippen molar-refractivity contribution in [2.24, 2.45) is 0 Å². The zero-order chi connectivity index (χ0) is 40.1. The number of ether oxygens (including phenoxy) is 4. The number of hydrogen-bond donors (Lipinski definition) is 7. The molecule has 0 saturated heterocycles. The van der Waals surface area contributed by atoms with Crippen LogP contribution in [0, 0.1) is 6.92 Å². The van der Waals surface area contributed by atoms with Gasteiger partial charge in [-0.25, -0.2) is 4.79 Å². The van der Waals surface area contributed by atoms with Crippen LogP contribution in [0.2, 0.25) is 0 Å². The van der Waals surface area contributed by atoms with Gasteiger partial charge >= 0.3 is 11.9 Å². The van der Waals surface area contributed by atoms with Gasteiger partial charge in [0.25, 0.3) is 0 Å². The van der Waals surface area contributed by atoms with Gasteiger partial charge in [-0.3, -0.25) is 28.8 Å². The summed E-state index contributed by atoms with van der Waals surface area (Å²) in [6.45, 7) is 5.48. The third kappa shape index (κ3) is 36.5. The molecule has 18 heteroatoms. The second-order valence-electron chi connectivity index (χ2n) is 12.5. The van der Waals surface area contributed by atoms with E-state index in [2.05, 4.69) is 33.5 Å². The van der Waals surface area contributed by atoms with E-state index < -0.39 is 18.0 Å². The molecule has 5 amide bonds. The van der Waals surface area contributed by atoms with E-state index in [1.807, 2.05) is 0 Å². The highest BCUT2D eigenvalue weighted by Crippen LogP contribution is 2.12. The van der Waals surface area contributed by atoms with E-state index in [0.717, 1.165) is 57.8 Å². The zero-order valence-electron chi connectivity index (χ0n) is 31.8. The number of amides is 5. The molecule has 0 heterocycles. The first-order chi connectivity index (χ1) is 26.0. The number of aliphatic carboxylic acids is 2. The van der Waals surface area contributed by atoms with Crippen molar-refractivity contribution in [1.82, 2.24) is 26.6 Å². The molecule has 7 N–H and O–H groups in total. The highest BCUT2D eigenvalue weighted by Gasteiger charge is 2.20. The first kappa shape index (κ1) is 50.1. The van der Waals surface area contributed by atoms with Gasteiger partial charge in [-0.1, -0.05) is 51.4 Å². The van der Waals surface area contributed by atoms with Crippen molar-refractivity contribution in [3.63, 3.8) is 0 Å². The Morgan fingerprint density at radius 2 is 0.907 bits per heavy atom. The lowest BCUT2D eigenvalue weighted by Gasteiger charge is -2.14. The molecule has 0 saturated carbocycles. The maximum absolute atomic E-state index is 12.2. The highest BCUT2D eigenvalue weighted by atomic mass is 16.5. The molecule has 18 nitrogen and oxygen atoms in total. The van der Waals surface area contributed by atoms with Crippen molar-refractivity contribution in [3.05, 3.63) is 6.92 Å². The fourth-order valence-electron chi connectivity index (χ4n) is 4.80. The summed E-state index contributed by atoms with van der Waals surface area (Å²) >= 11 is 0. The SMILES string of the molecule is [CH2]C(=O)NCCCNC(=O)COCCOCCNC(=O)COCCOCCNC(=O)CC[C@H](NC(=O)CCCCCCCCCCCCC(=O)O)C(=O)O. The monoisotopic (exact) mass is 774 g/mol. The van der Waals surface area contributed by atoms with Crippen molar-refractivity contribution < 1.29 is 62.7 Å². The van der Waals surface area contributed by atoms with Crippen LogP contribution >= 0.6 is 0 Å². The number of rotatable bonds is 38. The third-order valence-corrected chi connectivity index (χ3v) is 7.68. The van der Waals surface area contributed by atoms with E-state index in [-0.39, 0.29) is 121 Å². The van der Waals surface area contributed by atoms with Crippen molar-refractivity contribution in [2.75, 3.05) is 79.0 Å². The van der Waals surface area contributed by atoms with Gasteiger partial charge in [-0.2, -0.15) is 0 Å². The Morgan fingerprint density at radius 1 is 0.463 bits per heavy atom. The number of carbonyl (C=O) groups excluding carboxylic acids is 5. The van der Waals surface area contributed by atoms with Gasteiger partial charge in [-0.05, 0) is 25.7 Å². The maximum atomic E-state index is 12.2. The Morgan fingerprint density at radius 3 is 1.41 bits per heavy atom. The lowest BCUT2D eigenvalue weighted by Crippen LogP contribution is -2.41. The van der Waals surface area contributed by atoms with Crippen LogP contribution in [0.25, 0.3) is 0 Å². The van der Waals surface area contributed by atoms with E-state index in [9.17, 15) is 38.7 Å². The molecule has 0 bridgehead atoms. The first-order valence-corrected chi connectivity index (χ1v) is 19.0.